The van der Waals surface area contributed by atoms with Crippen molar-refractivity contribution < 1.29 is 18.7 Å². The van der Waals surface area contributed by atoms with Crippen LogP contribution in [-0.4, -0.2) is 16.1 Å². The minimum Gasteiger partial charge on any atom is -0.475 e. The van der Waals surface area contributed by atoms with E-state index in [-0.39, 0.29) is 16.9 Å². The van der Waals surface area contributed by atoms with Gasteiger partial charge in [0, 0.05) is 0 Å². The minimum atomic E-state index is -1.13. The summed E-state index contributed by atoms with van der Waals surface area (Å²) >= 11 is 5.78. The first-order valence-corrected chi connectivity index (χ1v) is 5.47. The lowest BCUT2D eigenvalue weighted by atomic mass is 10.2. The number of hydrogen-bond acceptors (Lipinski definition) is 4. The molecule has 0 saturated heterocycles. The third-order valence-electron chi connectivity index (χ3n) is 2.23. The highest BCUT2D eigenvalue weighted by atomic mass is 35.5. The van der Waals surface area contributed by atoms with Crippen molar-refractivity contribution in [2.75, 3.05) is 0 Å². The molecule has 0 fully saturated rings. The quantitative estimate of drug-likeness (QED) is 0.907. The minimum absolute atomic E-state index is 0.131. The van der Waals surface area contributed by atoms with E-state index in [1.165, 1.54) is 6.26 Å². The van der Waals surface area contributed by atoms with Crippen molar-refractivity contribution >= 4 is 17.6 Å². The van der Waals surface area contributed by atoms with Crippen LogP contribution in [0, 0.1) is 0 Å². The summed E-state index contributed by atoms with van der Waals surface area (Å²) in [5.41, 5.74) is 0.879. The van der Waals surface area contributed by atoms with Gasteiger partial charge < -0.3 is 13.9 Å². The Morgan fingerprint density at radius 2 is 2.35 bits per heavy atom. The van der Waals surface area contributed by atoms with E-state index in [1.807, 2.05) is 6.92 Å². The van der Waals surface area contributed by atoms with Gasteiger partial charge in [0.1, 0.15) is 0 Å². The Morgan fingerprint density at radius 1 is 1.59 bits per heavy atom. The van der Waals surface area contributed by atoms with Gasteiger partial charge in [-0.1, -0.05) is 13.3 Å². The second kappa shape index (κ2) is 4.63. The smallest absolute Gasteiger partial charge is 0.373 e. The molecule has 5 nitrogen and oxygen atoms in total. The van der Waals surface area contributed by atoms with Gasteiger partial charge in [-0.3, -0.25) is 0 Å². The fourth-order valence-corrected chi connectivity index (χ4v) is 1.68. The fraction of sp³-hybridized carbons (Fsp3) is 0.273. The Balaban J connectivity index is 2.47. The molecule has 17 heavy (non-hydrogen) atoms. The maximum Gasteiger partial charge on any atom is 0.373 e. The molecule has 0 unspecified atom stereocenters. The Labute approximate surface area is 102 Å². The molecule has 0 spiro atoms. The third-order valence-corrected chi connectivity index (χ3v) is 2.52. The zero-order chi connectivity index (χ0) is 12.4. The van der Waals surface area contributed by atoms with E-state index in [2.05, 4.69) is 4.98 Å². The van der Waals surface area contributed by atoms with Crippen LogP contribution < -0.4 is 0 Å². The molecule has 0 aliphatic carbocycles. The molecule has 0 atom stereocenters. The summed E-state index contributed by atoms with van der Waals surface area (Å²) in [6.07, 6.45) is 2.72. The van der Waals surface area contributed by atoms with Crippen LogP contribution in [0.5, 0.6) is 0 Å². The Hall–Kier alpha value is -1.75. The van der Waals surface area contributed by atoms with Gasteiger partial charge in [-0.2, -0.15) is 0 Å². The Kier molecular flexibility index (Phi) is 3.19. The van der Waals surface area contributed by atoms with E-state index < -0.39 is 5.97 Å². The predicted molar refractivity (Wildman–Crippen MR) is 60.2 cm³/mol. The lowest BCUT2D eigenvalue weighted by molar-refractivity contribution is 0.0661. The summed E-state index contributed by atoms with van der Waals surface area (Å²) in [4.78, 5) is 15.1. The van der Waals surface area contributed by atoms with Crippen LogP contribution in [0.4, 0.5) is 0 Å². The van der Waals surface area contributed by atoms with Crippen molar-refractivity contribution in [3.63, 3.8) is 0 Å². The maximum absolute atomic E-state index is 11.0. The predicted octanol–water partition coefficient (Wildman–Crippen LogP) is 3.24. The van der Waals surface area contributed by atoms with Crippen molar-refractivity contribution in [2.24, 2.45) is 0 Å². The SMILES string of the molecule is CCCc1nc(-c2ccoc2Cl)oc1C(=O)O. The lowest BCUT2D eigenvalue weighted by Gasteiger charge is -1.91. The molecular weight excluding hydrogens is 246 g/mol. The lowest BCUT2D eigenvalue weighted by Crippen LogP contribution is -1.99. The van der Waals surface area contributed by atoms with Crippen molar-refractivity contribution in [3.8, 4) is 11.5 Å². The molecule has 0 aromatic carbocycles. The topological polar surface area (TPSA) is 76.5 Å². The molecular formula is C11H10ClNO4. The van der Waals surface area contributed by atoms with Gasteiger partial charge in [-0.25, -0.2) is 9.78 Å². The number of hydrogen-bond donors (Lipinski definition) is 1. The van der Waals surface area contributed by atoms with E-state index in [1.54, 1.807) is 6.07 Å². The van der Waals surface area contributed by atoms with E-state index >= 15 is 0 Å². The molecule has 0 saturated carbocycles. The number of oxazole rings is 1. The first-order chi connectivity index (χ1) is 8.13. The van der Waals surface area contributed by atoms with Gasteiger partial charge in [0.15, 0.2) is 0 Å². The molecule has 0 radical (unpaired) electrons. The first kappa shape index (κ1) is 11.7. The molecule has 6 heteroatoms. The first-order valence-electron chi connectivity index (χ1n) is 5.09. The monoisotopic (exact) mass is 255 g/mol. The summed E-state index contributed by atoms with van der Waals surface area (Å²) in [7, 11) is 0. The third kappa shape index (κ3) is 2.19. The maximum atomic E-state index is 11.0. The molecule has 2 heterocycles. The number of halogens is 1. The van der Waals surface area contributed by atoms with Gasteiger partial charge in [0.2, 0.25) is 16.9 Å². The number of rotatable bonds is 4. The molecule has 90 valence electrons. The molecule has 0 aliphatic heterocycles. The number of carboxylic acids is 1. The Morgan fingerprint density at radius 3 is 2.88 bits per heavy atom. The number of aromatic carboxylic acids is 1. The van der Waals surface area contributed by atoms with Crippen molar-refractivity contribution in [3.05, 3.63) is 29.0 Å². The number of nitrogens with zero attached hydrogens (tertiary/aromatic N) is 1. The molecule has 2 aromatic heterocycles. The fourth-order valence-electron chi connectivity index (χ4n) is 1.49. The molecule has 0 aliphatic rings. The molecule has 0 bridgehead atoms. The van der Waals surface area contributed by atoms with Gasteiger partial charge in [0.25, 0.3) is 0 Å². The van der Waals surface area contributed by atoms with E-state index in [9.17, 15) is 4.79 Å². The molecule has 1 N–H and O–H groups in total. The van der Waals surface area contributed by atoms with Crippen molar-refractivity contribution in [2.45, 2.75) is 19.8 Å². The summed E-state index contributed by atoms with van der Waals surface area (Å²) in [5, 5.41) is 9.11. The highest BCUT2D eigenvalue weighted by Crippen LogP contribution is 2.30. The second-order valence-corrected chi connectivity index (χ2v) is 3.80. The van der Waals surface area contributed by atoms with Gasteiger partial charge in [-0.05, 0) is 24.1 Å². The highest BCUT2D eigenvalue weighted by molar-refractivity contribution is 6.31. The van der Waals surface area contributed by atoms with Crippen molar-refractivity contribution in [1.82, 2.24) is 4.98 Å². The van der Waals surface area contributed by atoms with Crippen LogP contribution in [0.2, 0.25) is 5.22 Å². The van der Waals surface area contributed by atoms with Crippen LogP contribution in [0.1, 0.15) is 29.6 Å². The van der Waals surface area contributed by atoms with Crippen molar-refractivity contribution in [1.29, 1.82) is 0 Å². The summed E-state index contributed by atoms with van der Waals surface area (Å²) in [6, 6.07) is 1.58. The largest absolute Gasteiger partial charge is 0.475 e. The highest BCUT2D eigenvalue weighted by Gasteiger charge is 2.21. The normalized spacial score (nSPS) is 10.7. The van der Waals surface area contributed by atoms with Crippen LogP contribution in [-0.2, 0) is 6.42 Å². The number of furan rings is 1. The van der Waals surface area contributed by atoms with Crippen LogP contribution >= 0.6 is 11.6 Å². The van der Waals surface area contributed by atoms with Gasteiger partial charge in [-0.15, -0.1) is 0 Å². The number of carbonyl (C=O) groups is 1. The summed E-state index contributed by atoms with van der Waals surface area (Å²) in [6.45, 7) is 1.94. The average molecular weight is 256 g/mol. The Bertz CT molecular complexity index is 543. The number of aromatic nitrogens is 1. The zero-order valence-electron chi connectivity index (χ0n) is 9.07. The van der Waals surface area contributed by atoms with Gasteiger partial charge in [0.05, 0.1) is 17.5 Å². The molecule has 2 rings (SSSR count). The van der Waals surface area contributed by atoms with Crippen LogP contribution in [0.25, 0.3) is 11.5 Å². The summed E-state index contributed by atoms with van der Waals surface area (Å²) < 4.78 is 10.1. The molecule has 2 aromatic rings. The van der Waals surface area contributed by atoms with E-state index in [0.717, 1.165) is 6.42 Å². The molecule has 0 amide bonds. The summed E-state index contributed by atoms with van der Waals surface area (Å²) in [5.74, 6) is -1.10. The van der Waals surface area contributed by atoms with E-state index in [4.69, 9.17) is 25.5 Å². The second-order valence-electron chi connectivity index (χ2n) is 3.46. The van der Waals surface area contributed by atoms with Gasteiger partial charge >= 0.3 is 5.97 Å². The number of aryl methyl sites for hydroxylation is 1. The van der Waals surface area contributed by atoms with E-state index in [0.29, 0.717) is 17.7 Å². The zero-order valence-corrected chi connectivity index (χ0v) is 9.82. The van der Waals surface area contributed by atoms with Crippen LogP contribution in [0.15, 0.2) is 21.2 Å². The number of carboxylic acid groups (broad SMARTS) is 1. The standard InChI is InChI=1S/C11H10ClNO4/c1-2-3-7-8(11(14)15)17-10(13-7)6-4-5-16-9(6)12/h4-5H,2-3H2,1H3,(H,14,15). The average Bonchev–Trinajstić information content (AvgIpc) is 2.84. The van der Waals surface area contributed by atoms with Crippen LogP contribution in [0.3, 0.4) is 0 Å².